The monoisotopic (exact) mass is 581 g/mol. The highest BCUT2D eigenvalue weighted by molar-refractivity contribution is 7.18. The molecule has 0 atom stereocenters. The van der Waals surface area contributed by atoms with Crippen LogP contribution in [0.3, 0.4) is 0 Å². The second-order valence-electron chi connectivity index (χ2n) is 9.40. The summed E-state index contributed by atoms with van der Waals surface area (Å²) in [6.07, 6.45) is 0.914. The molecule has 11 heteroatoms. The van der Waals surface area contributed by atoms with Crippen LogP contribution >= 0.6 is 22.9 Å². The third-order valence-electron chi connectivity index (χ3n) is 6.10. The molecular formula is C29H32ClN5O4S. The molecule has 4 aromatic rings. The number of nitrogens with zero attached hydrogens (tertiary/aromatic N) is 2. The number of fused-ring (bicyclic) bond motifs is 1. The van der Waals surface area contributed by atoms with E-state index in [-0.39, 0.29) is 23.8 Å². The van der Waals surface area contributed by atoms with Gasteiger partial charge in [0.2, 0.25) is 0 Å². The molecule has 0 aliphatic carbocycles. The van der Waals surface area contributed by atoms with Crippen molar-refractivity contribution in [3.8, 4) is 5.75 Å². The zero-order valence-corrected chi connectivity index (χ0v) is 24.4. The van der Waals surface area contributed by atoms with Crippen LogP contribution in [0.25, 0.3) is 11.0 Å². The highest BCUT2D eigenvalue weighted by Crippen LogP contribution is 2.35. The smallest absolute Gasteiger partial charge is 0.271 e. The van der Waals surface area contributed by atoms with E-state index in [0.717, 1.165) is 0 Å². The van der Waals surface area contributed by atoms with Gasteiger partial charge in [-0.3, -0.25) is 14.4 Å². The fourth-order valence-electron chi connectivity index (χ4n) is 4.22. The number of nitrogens with one attached hydrogen (secondary N) is 3. The van der Waals surface area contributed by atoms with Crippen LogP contribution in [-0.4, -0.2) is 46.5 Å². The fraction of sp³-hybridized carbons (Fsp3) is 0.310. The number of rotatable bonds is 11. The minimum absolute atomic E-state index is 0.197. The Morgan fingerprint density at radius 2 is 1.73 bits per heavy atom. The summed E-state index contributed by atoms with van der Waals surface area (Å²) in [4.78, 5) is 43.8. The summed E-state index contributed by atoms with van der Waals surface area (Å²) in [5, 5.41) is 9.35. The van der Waals surface area contributed by atoms with Gasteiger partial charge in [0.05, 0.1) is 32.1 Å². The highest BCUT2D eigenvalue weighted by Gasteiger charge is 2.26. The summed E-state index contributed by atoms with van der Waals surface area (Å²) < 4.78 is 8.40. The third kappa shape index (κ3) is 6.63. The van der Waals surface area contributed by atoms with Crippen molar-refractivity contribution in [2.75, 3.05) is 18.4 Å². The molecule has 3 aromatic heterocycles. The first kappa shape index (κ1) is 29.1. The number of carbonyl (C=O) groups excluding carboxylic acids is 3. The van der Waals surface area contributed by atoms with Gasteiger partial charge in [-0.15, -0.1) is 11.3 Å². The van der Waals surface area contributed by atoms with E-state index in [0.29, 0.717) is 74.6 Å². The van der Waals surface area contributed by atoms with Gasteiger partial charge in [-0.25, -0.2) is 4.98 Å². The van der Waals surface area contributed by atoms with E-state index in [1.54, 1.807) is 48.0 Å². The summed E-state index contributed by atoms with van der Waals surface area (Å²) >= 11 is 7.11. The Kier molecular flexibility index (Phi) is 9.44. The Bertz CT molecular complexity index is 1530. The van der Waals surface area contributed by atoms with E-state index < -0.39 is 0 Å². The van der Waals surface area contributed by atoms with Crippen molar-refractivity contribution in [1.29, 1.82) is 0 Å². The number of aryl methyl sites for hydroxylation is 2. The molecular weight excluding hydrogens is 550 g/mol. The molecule has 3 heterocycles. The second-order valence-corrected chi connectivity index (χ2v) is 11.1. The minimum atomic E-state index is -0.319. The topological polar surface area (TPSA) is 114 Å². The first-order valence-electron chi connectivity index (χ1n) is 13.1. The van der Waals surface area contributed by atoms with Gasteiger partial charge in [-0.2, -0.15) is 0 Å². The number of amides is 3. The molecule has 1 aromatic carbocycles. The number of carbonyl (C=O) groups is 3. The number of halogens is 1. The van der Waals surface area contributed by atoms with Gasteiger partial charge in [-0.1, -0.05) is 36.7 Å². The minimum Gasteiger partial charge on any atom is -0.488 e. The van der Waals surface area contributed by atoms with E-state index >= 15 is 0 Å². The Morgan fingerprint density at radius 3 is 2.35 bits per heavy atom. The number of aromatic nitrogens is 2. The molecule has 9 nitrogen and oxygen atoms in total. The van der Waals surface area contributed by atoms with Gasteiger partial charge in [0.15, 0.2) is 11.4 Å². The predicted molar refractivity (Wildman–Crippen MR) is 159 cm³/mol. The maximum Gasteiger partial charge on any atom is 0.271 e. The van der Waals surface area contributed by atoms with Gasteiger partial charge in [0.1, 0.15) is 5.65 Å². The molecule has 0 unspecified atom stereocenters. The zero-order valence-electron chi connectivity index (χ0n) is 22.8. The molecule has 0 fully saturated rings. The van der Waals surface area contributed by atoms with E-state index in [9.17, 15) is 14.4 Å². The quantitative estimate of drug-likeness (QED) is 0.204. The van der Waals surface area contributed by atoms with Gasteiger partial charge < -0.3 is 25.3 Å². The first-order valence-corrected chi connectivity index (χ1v) is 14.3. The van der Waals surface area contributed by atoms with Crippen LogP contribution in [0.1, 0.15) is 63.4 Å². The van der Waals surface area contributed by atoms with Crippen LogP contribution in [-0.2, 0) is 13.5 Å². The normalized spacial score (nSPS) is 11.1. The van der Waals surface area contributed by atoms with E-state index in [1.807, 2.05) is 32.9 Å². The molecule has 0 saturated heterocycles. The predicted octanol–water partition coefficient (Wildman–Crippen LogP) is 5.44. The van der Waals surface area contributed by atoms with Gasteiger partial charge >= 0.3 is 0 Å². The summed E-state index contributed by atoms with van der Waals surface area (Å²) in [5.41, 5.74) is 2.71. The van der Waals surface area contributed by atoms with Crippen molar-refractivity contribution in [1.82, 2.24) is 20.2 Å². The van der Waals surface area contributed by atoms with Crippen LogP contribution in [0.15, 0.2) is 48.5 Å². The Balaban J connectivity index is 1.53. The lowest BCUT2D eigenvalue weighted by Gasteiger charge is -2.13. The molecule has 3 amide bonds. The largest absolute Gasteiger partial charge is 0.488 e. The number of anilines is 1. The zero-order chi connectivity index (χ0) is 28.8. The van der Waals surface area contributed by atoms with Crippen molar-refractivity contribution in [3.63, 3.8) is 0 Å². The van der Waals surface area contributed by atoms with E-state index in [2.05, 4.69) is 16.0 Å². The maximum atomic E-state index is 13.4. The van der Waals surface area contributed by atoms with E-state index in [4.69, 9.17) is 21.3 Å². The summed E-state index contributed by atoms with van der Waals surface area (Å²) in [5.74, 6) is -0.359. The molecule has 210 valence electrons. The molecule has 0 aliphatic heterocycles. The van der Waals surface area contributed by atoms with Gasteiger partial charge in [0, 0.05) is 25.7 Å². The SMILES string of the molecule is CCc1nc2c(cc1NC(=O)c1ccccc1)c(OC(C)C)c(C(=O)NCCCNC(=O)c1ccc(Cl)s1)n2C. The molecule has 0 saturated carbocycles. The number of ether oxygens (including phenoxy) is 1. The Labute approximate surface area is 241 Å². The number of pyridine rings is 1. The van der Waals surface area contributed by atoms with Crippen LogP contribution in [0, 0.1) is 0 Å². The number of hydrogen-bond acceptors (Lipinski definition) is 6. The van der Waals surface area contributed by atoms with Crippen molar-refractivity contribution in [2.24, 2.45) is 7.05 Å². The lowest BCUT2D eigenvalue weighted by atomic mass is 10.1. The summed E-state index contributed by atoms with van der Waals surface area (Å²) in [6, 6.07) is 14.1. The lowest BCUT2D eigenvalue weighted by Crippen LogP contribution is -2.30. The molecule has 0 aliphatic rings. The standard InChI is InChI=1S/C29H32ClN5O4S/c1-5-20-21(34-27(36)18-10-7-6-8-11-18)16-19-25(39-17(2)3)24(35(4)26(19)33-20)29(38)32-15-9-14-31-28(37)22-12-13-23(30)40-22/h6-8,10-13,16-17H,5,9,14-15H2,1-4H3,(H,31,37)(H,32,38)(H,34,36). The van der Waals surface area contributed by atoms with Crippen molar-refractivity contribution >= 4 is 57.4 Å². The summed E-state index contributed by atoms with van der Waals surface area (Å²) in [6.45, 7) is 6.47. The number of benzene rings is 1. The number of hydrogen-bond donors (Lipinski definition) is 3. The molecule has 0 bridgehead atoms. The highest BCUT2D eigenvalue weighted by atomic mass is 35.5. The Morgan fingerprint density at radius 1 is 1.02 bits per heavy atom. The van der Waals surface area contributed by atoms with Gasteiger partial charge in [-0.05, 0) is 57.0 Å². The van der Waals surface area contributed by atoms with Crippen molar-refractivity contribution < 1.29 is 19.1 Å². The molecule has 3 N–H and O–H groups in total. The Hall–Kier alpha value is -3.89. The third-order valence-corrected chi connectivity index (χ3v) is 7.33. The molecule has 0 radical (unpaired) electrons. The van der Waals surface area contributed by atoms with Crippen molar-refractivity contribution in [2.45, 2.75) is 39.7 Å². The van der Waals surface area contributed by atoms with Crippen LogP contribution in [0.5, 0.6) is 5.75 Å². The van der Waals surface area contributed by atoms with Crippen LogP contribution in [0.4, 0.5) is 5.69 Å². The van der Waals surface area contributed by atoms with Gasteiger partial charge in [0.25, 0.3) is 17.7 Å². The van der Waals surface area contributed by atoms with Crippen molar-refractivity contribution in [3.05, 3.63) is 74.7 Å². The lowest BCUT2D eigenvalue weighted by molar-refractivity contribution is 0.0938. The van der Waals surface area contributed by atoms with E-state index in [1.165, 1.54) is 11.3 Å². The average molecular weight is 582 g/mol. The number of thiophene rings is 1. The molecule has 40 heavy (non-hydrogen) atoms. The second kappa shape index (κ2) is 13.0. The molecule has 0 spiro atoms. The average Bonchev–Trinajstić information content (AvgIpc) is 3.48. The van der Waals surface area contributed by atoms with Crippen LogP contribution < -0.4 is 20.7 Å². The summed E-state index contributed by atoms with van der Waals surface area (Å²) in [7, 11) is 1.77. The van der Waals surface area contributed by atoms with Crippen LogP contribution in [0.2, 0.25) is 4.34 Å². The fourth-order valence-corrected chi connectivity index (χ4v) is 5.18. The first-order chi connectivity index (χ1) is 19.2. The molecule has 4 rings (SSSR count). The maximum absolute atomic E-state index is 13.4.